The lowest BCUT2D eigenvalue weighted by atomic mass is 9.90. The first-order valence-corrected chi connectivity index (χ1v) is 12.5. The molecular formula is C19H26N4OS3. The molecule has 1 atom stereocenters. The molecule has 1 aliphatic heterocycles. The summed E-state index contributed by atoms with van der Waals surface area (Å²) in [5.74, 6) is 2.09. The average Bonchev–Trinajstić information content (AvgIpc) is 3.25. The van der Waals surface area contributed by atoms with Gasteiger partial charge in [0.25, 0.3) is 0 Å². The highest BCUT2D eigenvalue weighted by Crippen LogP contribution is 2.42. The van der Waals surface area contributed by atoms with E-state index in [1.54, 1.807) is 34.9 Å². The van der Waals surface area contributed by atoms with Crippen LogP contribution in [0.1, 0.15) is 57.4 Å². The van der Waals surface area contributed by atoms with Crippen LogP contribution in [-0.2, 0) is 17.8 Å². The summed E-state index contributed by atoms with van der Waals surface area (Å²) in [6.07, 6.45) is 4.16. The smallest absolute Gasteiger partial charge is 0.197 e. The van der Waals surface area contributed by atoms with Gasteiger partial charge in [0.1, 0.15) is 4.83 Å². The van der Waals surface area contributed by atoms with Gasteiger partial charge >= 0.3 is 0 Å². The molecule has 0 aromatic carbocycles. The molecule has 1 unspecified atom stereocenters. The monoisotopic (exact) mass is 422 g/mol. The number of thioether (sulfide) groups is 2. The molecule has 146 valence electrons. The predicted octanol–water partition coefficient (Wildman–Crippen LogP) is 5.58. The van der Waals surface area contributed by atoms with Gasteiger partial charge in [-0.25, -0.2) is 9.38 Å². The van der Waals surface area contributed by atoms with E-state index < -0.39 is 0 Å². The van der Waals surface area contributed by atoms with Crippen LogP contribution in [-0.4, -0.2) is 36.7 Å². The van der Waals surface area contributed by atoms with Crippen LogP contribution in [0.3, 0.4) is 0 Å². The van der Waals surface area contributed by atoms with Gasteiger partial charge in [0.05, 0.1) is 17.6 Å². The number of hydrogen-bond acceptors (Lipinski definition) is 7. The summed E-state index contributed by atoms with van der Waals surface area (Å²) in [6, 6.07) is 0. The Bertz CT molecular complexity index is 967. The van der Waals surface area contributed by atoms with E-state index in [9.17, 15) is 0 Å². The Morgan fingerprint density at radius 1 is 1.11 bits per heavy atom. The highest BCUT2D eigenvalue weighted by atomic mass is 32.2. The van der Waals surface area contributed by atoms with Crippen LogP contribution in [0.5, 0.6) is 0 Å². The van der Waals surface area contributed by atoms with Gasteiger partial charge in [-0.15, -0.1) is 21.5 Å². The van der Waals surface area contributed by atoms with Crippen molar-refractivity contribution in [2.45, 2.75) is 75.9 Å². The first-order chi connectivity index (χ1) is 13.1. The molecule has 5 nitrogen and oxygen atoms in total. The third-order valence-electron chi connectivity index (χ3n) is 5.04. The molecule has 0 bridgehead atoms. The molecule has 0 saturated carbocycles. The molecule has 0 fully saturated rings. The third kappa shape index (κ3) is 3.50. The number of hydrogen-bond donors (Lipinski definition) is 0. The van der Waals surface area contributed by atoms with Gasteiger partial charge in [0.15, 0.2) is 16.0 Å². The Labute approximate surface area is 172 Å². The lowest BCUT2D eigenvalue weighted by Gasteiger charge is -2.33. The highest BCUT2D eigenvalue weighted by Gasteiger charge is 2.33. The Kier molecular flexibility index (Phi) is 5.69. The second-order valence-electron chi connectivity index (χ2n) is 7.19. The Balaban J connectivity index is 1.92. The van der Waals surface area contributed by atoms with Crippen LogP contribution >= 0.6 is 34.9 Å². The topological polar surface area (TPSA) is 52.3 Å². The standard InChI is InChI=1S/C19H26N4OS3/c1-5-8-25-17-20-16-14(15-21-22-18(23(15)17)26-9-6-2)12-10-19(4,7-3)24-11-13(12)27-16/h5-11H2,1-4H3. The first kappa shape index (κ1) is 19.5. The van der Waals surface area contributed by atoms with Gasteiger partial charge in [-0.1, -0.05) is 44.3 Å². The van der Waals surface area contributed by atoms with Crippen molar-refractivity contribution in [1.29, 1.82) is 0 Å². The number of ether oxygens (including phenoxy) is 1. The fourth-order valence-electron chi connectivity index (χ4n) is 3.32. The van der Waals surface area contributed by atoms with Crippen LogP contribution in [0.25, 0.3) is 15.9 Å². The molecule has 4 heterocycles. The second kappa shape index (κ2) is 7.89. The molecule has 0 radical (unpaired) electrons. The molecule has 8 heteroatoms. The lowest BCUT2D eigenvalue weighted by molar-refractivity contribution is -0.0542. The van der Waals surface area contributed by atoms with E-state index in [0.717, 1.165) is 58.0 Å². The summed E-state index contributed by atoms with van der Waals surface area (Å²) in [5.41, 5.74) is 2.23. The van der Waals surface area contributed by atoms with E-state index in [1.807, 2.05) is 0 Å². The summed E-state index contributed by atoms with van der Waals surface area (Å²) in [5, 5.41) is 12.3. The normalized spacial score (nSPS) is 19.9. The van der Waals surface area contributed by atoms with Crippen molar-refractivity contribution in [3.05, 3.63) is 10.4 Å². The minimum atomic E-state index is -0.104. The van der Waals surface area contributed by atoms with Crippen LogP contribution in [0.2, 0.25) is 0 Å². The highest BCUT2D eigenvalue weighted by molar-refractivity contribution is 7.99. The maximum absolute atomic E-state index is 6.17. The number of nitrogens with zero attached hydrogens (tertiary/aromatic N) is 4. The van der Waals surface area contributed by atoms with E-state index >= 15 is 0 Å². The molecule has 0 aliphatic carbocycles. The first-order valence-electron chi connectivity index (χ1n) is 9.69. The van der Waals surface area contributed by atoms with Crippen LogP contribution in [0.4, 0.5) is 0 Å². The van der Waals surface area contributed by atoms with Gasteiger partial charge in [-0.2, -0.15) is 0 Å². The Morgan fingerprint density at radius 2 is 1.85 bits per heavy atom. The van der Waals surface area contributed by atoms with E-state index in [1.165, 1.54) is 15.8 Å². The van der Waals surface area contributed by atoms with Crippen molar-refractivity contribution in [2.24, 2.45) is 0 Å². The van der Waals surface area contributed by atoms with E-state index in [2.05, 4.69) is 42.3 Å². The van der Waals surface area contributed by atoms with Crippen molar-refractivity contribution in [3.8, 4) is 0 Å². The zero-order valence-electron chi connectivity index (χ0n) is 16.4. The molecule has 0 amide bonds. The molecule has 0 N–H and O–H groups in total. The second-order valence-corrected chi connectivity index (χ2v) is 10.4. The van der Waals surface area contributed by atoms with Gasteiger partial charge in [0, 0.05) is 22.8 Å². The van der Waals surface area contributed by atoms with Crippen molar-refractivity contribution in [3.63, 3.8) is 0 Å². The fourth-order valence-corrected chi connectivity index (χ4v) is 6.17. The molecule has 1 aliphatic rings. The number of thiophene rings is 1. The summed E-state index contributed by atoms with van der Waals surface area (Å²) >= 11 is 5.34. The molecule has 4 rings (SSSR count). The van der Waals surface area contributed by atoms with Gasteiger partial charge in [-0.3, -0.25) is 0 Å². The van der Waals surface area contributed by atoms with Gasteiger partial charge in [0.2, 0.25) is 0 Å². The lowest BCUT2D eigenvalue weighted by Crippen LogP contribution is -2.33. The molecule has 3 aromatic rings. The summed E-state index contributed by atoms with van der Waals surface area (Å²) in [6.45, 7) is 9.48. The minimum absolute atomic E-state index is 0.104. The fraction of sp³-hybridized carbons (Fsp3) is 0.632. The predicted molar refractivity (Wildman–Crippen MR) is 115 cm³/mol. The molecule has 3 aromatic heterocycles. The molecular weight excluding hydrogens is 396 g/mol. The quantitative estimate of drug-likeness (QED) is 0.366. The third-order valence-corrected chi connectivity index (χ3v) is 8.42. The summed E-state index contributed by atoms with van der Waals surface area (Å²) < 4.78 is 8.36. The largest absolute Gasteiger partial charge is 0.369 e. The van der Waals surface area contributed by atoms with Crippen molar-refractivity contribution >= 4 is 50.7 Å². The van der Waals surface area contributed by atoms with E-state index in [-0.39, 0.29) is 5.60 Å². The van der Waals surface area contributed by atoms with Gasteiger partial charge < -0.3 is 4.74 Å². The molecule has 27 heavy (non-hydrogen) atoms. The summed E-state index contributed by atoms with van der Waals surface area (Å²) in [4.78, 5) is 7.43. The maximum atomic E-state index is 6.17. The molecule has 0 saturated heterocycles. The SMILES string of the molecule is CCCSc1nnc2c3c4c(sc3nc(SCCC)n12)COC(C)(CC)C4. The Morgan fingerprint density at radius 3 is 2.56 bits per heavy atom. The van der Waals surface area contributed by atoms with Crippen LogP contribution in [0.15, 0.2) is 10.3 Å². The van der Waals surface area contributed by atoms with Crippen molar-refractivity contribution in [1.82, 2.24) is 19.6 Å². The van der Waals surface area contributed by atoms with E-state index in [0.29, 0.717) is 6.61 Å². The average molecular weight is 423 g/mol. The zero-order valence-corrected chi connectivity index (χ0v) is 18.8. The minimum Gasteiger partial charge on any atom is -0.369 e. The van der Waals surface area contributed by atoms with Crippen LogP contribution < -0.4 is 0 Å². The number of rotatable bonds is 7. The van der Waals surface area contributed by atoms with Crippen LogP contribution in [0, 0.1) is 0 Å². The number of aromatic nitrogens is 4. The zero-order chi connectivity index (χ0) is 19.0. The number of fused-ring (bicyclic) bond motifs is 5. The summed E-state index contributed by atoms with van der Waals surface area (Å²) in [7, 11) is 0. The van der Waals surface area contributed by atoms with Crippen molar-refractivity contribution in [2.75, 3.05) is 11.5 Å². The molecule has 0 spiro atoms. The van der Waals surface area contributed by atoms with E-state index in [4.69, 9.17) is 9.72 Å². The van der Waals surface area contributed by atoms with Gasteiger partial charge in [-0.05, 0) is 31.7 Å². The maximum Gasteiger partial charge on any atom is 0.197 e. The van der Waals surface area contributed by atoms with Crippen molar-refractivity contribution < 1.29 is 4.74 Å². The Hall–Kier alpha value is -0.830.